The van der Waals surface area contributed by atoms with Crippen LogP contribution in [0.15, 0.2) is 24.4 Å². The second-order valence-electron chi connectivity index (χ2n) is 5.63. The Morgan fingerprint density at radius 3 is 2.83 bits per heavy atom. The largest absolute Gasteiger partial charge is 0.343 e. The Kier molecular flexibility index (Phi) is 4.71. The zero-order chi connectivity index (χ0) is 16.2. The Hall–Kier alpha value is -2.21. The lowest BCUT2D eigenvalue weighted by Crippen LogP contribution is -2.35. The number of fused-ring (bicyclic) bond motifs is 1. The Bertz CT molecular complexity index is 739. The number of amides is 2. The predicted octanol–water partition coefficient (Wildman–Crippen LogP) is 2.59. The standard InChI is InChI=1S/C17H19N3O2S/c1-11-18-9-13(23-11)10-19-16(21)17(22)20-15-8-4-6-12-5-2-3-7-14(12)15/h4,6,8-9H,2-3,5,7,10H2,1H3,(H,19,21)(H,20,22). The van der Waals surface area contributed by atoms with Crippen molar-refractivity contribution in [3.63, 3.8) is 0 Å². The fraction of sp³-hybridized carbons (Fsp3) is 0.353. The molecule has 0 saturated carbocycles. The second kappa shape index (κ2) is 6.91. The quantitative estimate of drug-likeness (QED) is 0.850. The number of carbonyl (C=O) groups excluding carboxylic acids is 2. The molecular formula is C17H19N3O2S. The van der Waals surface area contributed by atoms with Gasteiger partial charge in [-0.1, -0.05) is 12.1 Å². The van der Waals surface area contributed by atoms with Crippen molar-refractivity contribution in [2.45, 2.75) is 39.2 Å². The Morgan fingerprint density at radius 1 is 1.22 bits per heavy atom. The summed E-state index contributed by atoms with van der Waals surface area (Å²) in [7, 11) is 0. The van der Waals surface area contributed by atoms with E-state index in [0.29, 0.717) is 6.54 Å². The minimum absolute atomic E-state index is 0.324. The van der Waals surface area contributed by atoms with Gasteiger partial charge in [0.15, 0.2) is 0 Å². The van der Waals surface area contributed by atoms with Crippen LogP contribution in [-0.4, -0.2) is 16.8 Å². The molecule has 1 aliphatic rings. The lowest BCUT2D eigenvalue weighted by molar-refractivity contribution is -0.136. The van der Waals surface area contributed by atoms with E-state index >= 15 is 0 Å². The van der Waals surface area contributed by atoms with E-state index in [2.05, 4.69) is 21.7 Å². The smallest absolute Gasteiger partial charge is 0.313 e. The van der Waals surface area contributed by atoms with Crippen molar-refractivity contribution in [1.29, 1.82) is 0 Å². The maximum absolute atomic E-state index is 12.1. The highest BCUT2D eigenvalue weighted by Crippen LogP contribution is 2.27. The minimum Gasteiger partial charge on any atom is -0.343 e. The maximum atomic E-state index is 12.1. The molecule has 1 aromatic carbocycles. The van der Waals surface area contributed by atoms with Gasteiger partial charge in [-0.15, -0.1) is 11.3 Å². The Labute approximate surface area is 139 Å². The molecule has 120 valence electrons. The van der Waals surface area contributed by atoms with Crippen LogP contribution in [0.4, 0.5) is 5.69 Å². The van der Waals surface area contributed by atoms with Crippen LogP contribution in [0.2, 0.25) is 0 Å². The van der Waals surface area contributed by atoms with Gasteiger partial charge in [-0.25, -0.2) is 4.98 Å². The molecule has 6 heteroatoms. The lowest BCUT2D eigenvalue weighted by Gasteiger charge is -2.19. The molecule has 0 unspecified atom stereocenters. The van der Waals surface area contributed by atoms with E-state index in [0.717, 1.165) is 40.4 Å². The van der Waals surface area contributed by atoms with Crippen LogP contribution in [0.1, 0.15) is 33.9 Å². The maximum Gasteiger partial charge on any atom is 0.313 e. The number of nitrogens with zero attached hydrogens (tertiary/aromatic N) is 1. The van der Waals surface area contributed by atoms with Crippen LogP contribution in [-0.2, 0) is 29.0 Å². The topological polar surface area (TPSA) is 71.1 Å². The fourth-order valence-electron chi connectivity index (χ4n) is 2.81. The highest BCUT2D eigenvalue weighted by molar-refractivity contribution is 7.11. The van der Waals surface area contributed by atoms with Gasteiger partial charge in [0, 0.05) is 16.8 Å². The van der Waals surface area contributed by atoms with Gasteiger partial charge in [0.25, 0.3) is 0 Å². The molecule has 3 rings (SSSR count). The summed E-state index contributed by atoms with van der Waals surface area (Å²) in [6, 6.07) is 5.88. The number of carbonyl (C=O) groups is 2. The second-order valence-corrected chi connectivity index (χ2v) is 6.95. The summed E-state index contributed by atoms with van der Waals surface area (Å²) in [4.78, 5) is 29.1. The summed E-state index contributed by atoms with van der Waals surface area (Å²) in [6.07, 6.45) is 6.01. The first-order chi connectivity index (χ1) is 11.1. The number of anilines is 1. The number of thiazole rings is 1. The molecule has 1 aromatic heterocycles. The number of aromatic nitrogens is 1. The monoisotopic (exact) mass is 329 g/mol. The first kappa shape index (κ1) is 15.7. The third-order valence-electron chi connectivity index (χ3n) is 3.94. The molecule has 2 amide bonds. The van der Waals surface area contributed by atoms with Crippen LogP contribution in [0.5, 0.6) is 0 Å². The van der Waals surface area contributed by atoms with Gasteiger partial charge in [0.05, 0.1) is 11.6 Å². The van der Waals surface area contributed by atoms with E-state index in [1.807, 2.05) is 19.1 Å². The molecule has 23 heavy (non-hydrogen) atoms. The van der Waals surface area contributed by atoms with Gasteiger partial charge in [-0.3, -0.25) is 9.59 Å². The minimum atomic E-state index is -0.621. The van der Waals surface area contributed by atoms with Crippen molar-refractivity contribution < 1.29 is 9.59 Å². The van der Waals surface area contributed by atoms with Gasteiger partial charge in [0.2, 0.25) is 0 Å². The van der Waals surface area contributed by atoms with Crippen molar-refractivity contribution in [2.75, 3.05) is 5.32 Å². The van der Waals surface area contributed by atoms with Crippen LogP contribution in [0.25, 0.3) is 0 Å². The average molecular weight is 329 g/mol. The zero-order valence-electron chi connectivity index (χ0n) is 13.0. The Balaban J connectivity index is 1.61. The van der Waals surface area contributed by atoms with Crippen molar-refractivity contribution >= 4 is 28.8 Å². The molecule has 0 atom stereocenters. The van der Waals surface area contributed by atoms with E-state index in [1.165, 1.54) is 23.3 Å². The molecule has 0 spiro atoms. The summed E-state index contributed by atoms with van der Waals surface area (Å²) in [5, 5.41) is 6.32. The molecule has 0 bridgehead atoms. The molecule has 0 aliphatic heterocycles. The molecule has 0 fully saturated rings. The van der Waals surface area contributed by atoms with Crippen molar-refractivity contribution in [3.05, 3.63) is 45.4 Å². The number of rotatable bonds is 3. The van der Waals surface area contributed by atoms with E-state index in [9.17, 15) is 9.59 Å². The zero-order valence-corrected chi connectivity index (χ0v) is 13.8. The molecule has 1 aliphatic carbocycles. The van der Waals surface area contributed by atoms with Crippen LogP contribution in [0, 0.1) is 6.92 Å². The van der Waals surface area contributed by atoms with Crippen LogP contribution < -0.4 is 10.6 Å². The lowest BCUT2D eigenvalue weighted by atomic mass is 9.90. The van der Waals surface area contributed by atoms with Crippen molar-refractivity contribution in [2.24, 2.45) is 0 Å². The molecular weight excluding hydrogens is 310 g/mol. The third-order valence-corrected chi connectivity index (χ3v) is 4.86. The normalized spacial score (nSPS) is 13.3. The summed E-state index contributed by atoms with van der Waals surface area (Å²) in [5.41, 5.74) is 3.20. The van der Waals surface area contributed by atoms with Crippen molar-refractivity contribution in [1.82, 2.24) is 10.3 Å². The first-order valence-corrected chi connectivity index (χ1v) is 8.56. The van der Waals surface area contributed by atoms with E-state index in [1.54, 1.807) is 6.20 Å². The van der Waals surface area contributed by atoms with E-state index in [-0.39, 0.29) is 0 Å². The molecule has 0 saturated heterocycles. The van der Waals surface area contributed by atoms with Gasteiger partial charge in [-0.2, -0.15) is 0 Å². The fourth-order valence-corrected chi connectivity index (χ4v) is 3.55. The average Bonchev–Trinajstić information content (AvgIpc) is 2.98. The SMILES string of the molecule is Cc1ncc(CNC(=O)C(=O)Nc2cccc3c2CCCC3)s1. The van der Waals surface area contributed by atoms with E-state index < -0.39 is 11.8 Å². The van der Waals surface area contributed by atoms with Crippen molar-refractivity contribution in [3.8, 4) is 0 Å². The number of hydrogen-bond donors (Lipinski definition) is 2. The Morgan fingerprint density at radius 2 is 2.04 bits per heavy atom. The third kappa shape index (κ3) is 3.76. The number of hydrogen-bond acceptors (Lipinski definition) is 4. The van der Waals surface area contributed by atoms with Gasteiger partial charge < -0.3 is 10.6 Å². The highest BCUT2D eigenvalue weighted by atomic mass is 32.1. The molecule has 0 radical (unpaired) electrons. The number of nitrogens with one attached hydrogen (secondary N) is 2. The number of aryl methyl sites for hydroxylation is 2. The highest BCUT2D eigenvalue weighted by Gasteiger charge is 2.18. The van der Waals surface area contributed by atoms with Gasteiger partial charge in [0.1, 0.15) is 0 Å². The first-order valence-electron chi connectivity index (χ1n) is 7.75. The summed E-state index contributed by atoms with van der Waals surface area (Å²) in [6.45, 7) is 2.23. The molecule has 2 aromatic rings. The molecule has 5 nitrogen and oxygen atoms in total. The van der Waals surface area contributed by atoms with Gasteiger partial charge in [-0.05, 0) is 49.8 Å². The van der Waals surface area contributed by atoms with E-state index in [4.69, 9.17) is 0 Å². The van der Waals surface area contributed by atoms with Crippen LogP contribution in [0.3, 0.4) is 0 Å². The summed E-state index contributed by atoms with van der Waals surface area (Å²) < 4.78 is 0. The predicted molar refractivity (Wildman–Crippen MR) is 90.4 cm³/mol. The van der Waals surface area contributed by atoms with Gasteiger partial charge >= 0.3 is 11.8 Å². The molecule has 1 heterocycles. The number of benzene rings is 1. The molecule has 2 N–H and O–H groups in total. The summed E-state index contributed by atoms with van der Waals surface area (Å²) >= 11 is 1.51. The van der Waals surface area contributed by atoms with Crippen LogP contribution >= 0.6 is 11.3 Å². The summed E-state index contributed by atoms with van der Waals surface area (Å²) in [5.74, 6) is -1.24.